The number of anilines is 1. The maximum Gasteiger partial charge on any atom is 0.257 e. The van der Waals surface area contributed by atoms with E-state index < -0.39 is 0 Å². The Bertz CT molecular complexity index is 822. The van der Waals surface area contributed by atoms with Crippen LogP contribution in [0.5, 0.6) is 5.75 Å². The summed E-state index contributed by atoms with van der Waals surface area (Å²) in [6, 6.07) is 13.8. The lowest BCUT2D eigenvalue weighted by Crippen LogP contribution is -2.34. The van der Waals surface area contributed by atoms with Crippen LogP contribution in [0.1, 0.15) is 47.4 Å². The minimum absolute atomic E-state index is 0.154. The first-order valence-electron chi connectivity index (χ1n) is 9.27. The third-order valence-electron chi connectivity index (χ3n) is 3.83. The van der Waals surface area contributed by atoms with Gasteiger partial charge in [0.2, 0.25) is 0 Å². The minimum Gasteiger partial charge on any atom is -0.494 e. The van der Waals surface area contributed by atoms with E-state index in [0.29, 0.717) is 30.0 Å². The molecule has 0 saturated heterocycles. The van der Waals surface area contributed by atoms with E-state index in [1.54, 1.807) is 48.5 Å². The fraction of sp³-hybridized carbons (Fsp3) is 0.286. The second-order valence-electron chi connectivity index (χ2n) is 6.07. The van der Waals surface area contributed by atoms with Gasteiger partial charge in [-0.25, -0.2) is 0 Å². The summed E-state index contributed by atoms with van der Waals surface area (Å²) in [5, 5.41) is 8.44. The van der Waals surface area contributed by atoms with Gasteiger partial charge < -0.3 is 15.4 Å². The Morgan fingerprint density at radius 1 is 1.00 bits per heavy atom. The first-order chi connectivity index (χ1) is 13.5. The highest BCUT2D eigenvalue weighted by molar-refractivity contribution is 7.80. The summed E-state index contributed by atoms with van der Waals surface area (Å²) in [5.41, 5.74) is 1.61. The Morgan fingerprint density at radius 3 is 2.43 bits per heavy atom. The molecule has 2 aromatic carbocycles. The van der Waals surface area contributed by atoms with Crippen molar-refractivity contribution in [3.8, 4) is 5.75 Å². The molecule has 0 atom stereocenters. The van der Waals surface area contributed by atoms with Crippen LogP contribution < -0.4 is 20.7 Å². The maximum absolute atomic E-state index is 12.3. The van der Waals surface area contributed by atoms with Gasteiger partial charge in [-0.3, -0.25) is 14.9 Å². The van der Waals surface area contributed by atoms with E-state index in [0.717, 1.165) is 18.6 Å². The predicted octanol–water partition coefficient (Wildman–Crippen LogP) is 3.74. The van der Waals surface area contributed by atoms with Crippen LogP contribution in [0.15, 0.2) is 48.5 Å². The summed E-state index contributed by atoms with van der Waals surface area (Å²) in [5.74, 6) is 0.243. The number of amides is 2. The zero-order valence-corrected chi connectivity index (χ0v) is 16.9. The Balaban J connectivity index is 1.91. The summed E-state index contributed by atoms with van der Waals surface area (Å²) < 4.78 is 5.59. The van der Waals surface area contributed by atoms with Crippen LogP contribution in [0, 0.1) is 0 Å². The van der Waals surface area contributed by atoms with Crippen molar-refractivity contribution in [3.63, 3.8) is 0 Å². The number of nitrogens with one attached hydrogen (secondary N) is 3. The largest absolute Gasteiger partial charge is 0.494 e. The molecule has 0 aliphatic rings. The second kappa shape index (κ2) is 11.0. The Labute approximate surface area is 170 Å². The van der Waals surface area contributed by atoms with Gasteiger partial charge in [0, 0.05) is 23.4 Å². The molecule has 0 spiro atoms. The van der Waals surface area contributed by atoms with Crippen LogP contribution in [0.25, 0.3) is 0 Å². The molecule has 3 N–H and O–H groups in total. The molecular weight excluding hydrogens is 374 g/mol. The van der Waals surface area contributed by atoms with Crippen molar-refractivity contribution in [1.29, 1.82) is 0 Å². The lowest BCUT2D eigenvalue weighted by atomic mass is 10.2. The topological polar surface area (TPSA) is 79.5 Å². The monoisotopic (exact) mass is 399 g/mol. The van der Waals surface area contributed by atoms with Gasteiger partial charge in [-0.05, 0) is 68.0 Å². The van der Waals surface area contributed by atoms with Gasteiger partial charge in [0.05, 0.1) is 6.61 Å². The van der Waals surface area contributed by atoms with Crippen LogP contribution in [0.4, 0.5) is 5.69 Å². The first-order valence-corrected chi connectivity index (χ1v) is 9.67. The van der Waals surface area contributed by atoms with Crippen molar-refractivity contribution in [2.24, 2.45) is 0 Å². The second-order valence-corrected chi connectivity index (χ2v) is 6.48. The van der Waals surface area contributed by atoms with Crippen molar-refractivity contribution in [2.45, 2.75) is 26.7 Å². The third kappa shape index (κ3) is 6.66. The quantitative estimate of drug-likeness (QED) is 0.465. The number of rotatable bonds is 8. The zero-order chi connectivity index (χ0) is 20.4. The van der Waals surface area contributed by atoms with Crippen LogP contribution in [0.3, 0.4) is 0 Å². The Kier molecular flexibility index (Phi) is 8.42. The average molecular weight is 400 g/mol. The molecule has 0 saturated carbocycles. The van der Waals surface area contributed by atoms with E-state index in [1.165, 1.54) is 0 Å². The van der Waals surface area contributed by atoms with E-state index in [1.807, 2.05) is 6.92 Å². The van der Waals surface area contributed by atoms with E-state index >= 15 is 0 Å². The van der Waals surface area contributed by atoms with Gasteiger partial charge in [-0.1, -0.05) is 19.4 Å². The van der Waals surface area contributed by atoms with E-state index in [9.17, 15) is 9.59 Å². The van der Waals surface area contributed by atoms with E-state index in [-0.39, 0.29) is 16.9 Å². The van der Waals surface area contributed by atoms with Crippen molar-refractivity contribution < 1.29 is 14.3 Å². The van der Waals surface area contributed by atoms with Crippen LogP contribution in [-0.2, 0) is 0 Å². The lowest BCUT2D eigenvalue weighted by molar-refractivity contribution is 0.0953. The molecule has 0 radical (unpaired) electrons. The number of benzene rings is 2. The van der Waals surface area contributed by atoms with Crippen molar-refractivity contribution in [2.75, 3.05) is 18.5 Å². The molecule has 7 heteroatoms. The van der Waals surface area contributed by atoms with Gasteiger partial charge in [0.1, 0.15) is 5.75 Å². The Morgan fingerprint density at radius 2 is 1.75 bits per heavy atom. The summed E-state index contributed by atoms with van der Waals surface area (Å²) in [6.45, 7) is 5.16. The standard InChI is InChI=1S/C21H25N3O3S/c1-3-5-13-27-18-11-9-15(10-12-18)20(26)24-21(28)23-17-8-6-7-16(14-17)19(25)22-4-2/h6-12,14H,3-5,13H2,1-2H3,(H,22,25)(H2,23,24,26,28). The highest BCUT2D eigenvalue weighted by atomic mass is 32.1. The molecule has 6 nitrogen and oxygen atoms in total. The molecule has 0 aliphatic heterocycles. The molecule has 0 aliphatic carbocycles. The molecular formula is C21H25N3O3S. The number of thiocarbonyl (C=S) groups is 1. The molecule has 2 rings (SSSR count). The van der Waals surface area contributed by atoms with Gasteiger partial charge in [-0.2, -0.15) is 0 Å². The van der Waals surface area contributed by atoms with Crippen molar-refractivity contribution in [1.82, 2.24) is 10.6 Å². The van der Waals surface area contributed by atoms with E-state index in [4.69, 9.17) is 17.0 Å². The number of carbonyl (C=O) groups is 2. The molecule has 0 unspecified atom stereocenters. The van der Waals surface area contributed by atoms with Gasteiger partial charge in [0.15, 0.2) is 5.11 Å². The molecule has 2 aromatic rings. The minimum atomic E-state index is -0.322. The summed E-state index contributed by atoms with van der Waals surface area (Å²) in [4.78, 5) is 24.2. The molecule has 0 heterocycles. The number of carbonyl (C=O) groups excluding carboxylic acids is 2. The summed E-state index contributed by atoms with van der Waals surface area (Å²) in [6.07, 6.45) is 2.06. The zero-order valence-electron chi connectivity index (χ0n) is 16.1. The van der Waals surface area contributed by atoms with Gasteiger partial charge in [0.25, 0.3) is 11.8 Å². The summed E-state index contributed by atoms with van der Waals surface area (Å²) >= 11 is 5.20. The van der Waals surface area contributed by atoms with Crippen LogP contribution >= 0.6 is 12.2 Å². The SMILES string of the molecule is CCCCOc1ccc(C(=O)NC(=S)Nc2cccc(C(=O)NCC)c2)cc1. The highest BCUT2D eigenvalue weighted by Crippen LogP contribution is 2.13. The van der Waals surface area contributed by atoms with Gasteiger partial charge in [-0.15, -0.1) is 0 Å². The Hall–Kier alpha value is -2.93. The van der Waals surface area contributed by atoms with Gasteiger partial charge >= 0.3 is 0 Å². The highest BCUT2D eigenvalue weighted by Gasteiger charge is 2.10. The fourth-order valence-corrected chi connectivity index (χ4v) is 2.59. The maximum atomic E-state index is 12.3. The molecule has 2 amide bonds. The number of ether oxygens (including phenoxy) is 1. The molecule has 28 heavy (non-hydrogen) atoms. The predicted molar refractivity (Wildman–Crippen MR) is 115 cm³/mol. The first kappa shape index (κ1) is 21.4. The number of unbranched alkanes of at least 4 members (excludes halogenated alkanes) is 1. The smallest absolute Gasteiger partial charge is 0.257 e. The summed E-state index contributed by atoms with van der Waals surface area (Å²) in [7, 11) is 0. The van der Waals surface area contributed by atoms with Crippen LogP contribution in [-0.4, -0.2) is 30.1 Å². The fourth-order valence-electron chi connectivity index (χ4n) is 2.38. The number of hydrogen-bond acceptors (Lipinski definition) is 4. The van der Waals surface area contributed by atoms with Crippen molar-refractivity contribution >= 4 is 34.8 Å². The van der Waals surface area contributed by atoms with Crippen LogP contribution in [0.2, 0.25) is 0 Å². The molecule has 0 fully saturated rings. The molecule has 148 valence electrons. The lowest BCUT2D eigenvalue weighted by Gasteiger charge is -2.11. The number of hydrogen-bond donors (Lipinski definition) is 3. The molecule has 0 aromatic heterocycles. The van der Waals surface area contributed by atoms with Crippen molar-refractivity contribution in [3.05, 3.63) is 59.7 Å². The van der Waals surface area contributed by atoms with E-state index in [2.05, 4.69) is 22.9 Å². The average Bonchev–Trinajstić information content (AvgIpc) is 2.69. The molecule has 0 bridgehead atoms. The normalized spacial score (nSPS) is 10.1. The third-order valence-corrected chi connectivity index (χ3v) is 4.03.